The van der Waals surface area contributed by atoms with Gasteiger partial charge in [-0.2, -0.15) is 0 Å². The normalized spacial score (nSPS) is 33.6. The van der Waals surface area contributed by atoms with Gasteiger partial charge in [0, 0.05) is 12.0 Å². The van der Waals surface area contributed by atoms with Crippen LogP contribution in [0.1, 0.15) is 40.5 Å². The molecule has 0 unspecified atom stereocenters. The Morgan fingerprint density at radius 3 is 2.36 bits per heavy atom. The van der Waals surface area contributed by atoms with Crippen molar-refractivity contribution in [2.24, 2.45) is 16.7 Å². The third-order valence-electron chi connectivity index (χ3n) is 5.98. The van der Waals surface area contributed by atoms with Crippen LogP contribution in [0.5, 0.6) is 0 Å². The molecule has 0 saturated heterocycles. The first-order chi connectivity index (χ1) is 9.94. The van der Waals surface area contributed by atoms with E-state index in [1.54, 1.807) is 6.92 Å². The van der Waals surface area contributed by atoms with Crippen molar-refractivity contribution in [3.05, 3.63) is 0 Å². The molecule has 22 heavy (non-hydrogen) atoms. The van der Waals surface area contributed by atoms with Gasteiger partial charge in [-0.15, -0.1) is 0 Å². The van der Waals surface area contributed by atoms with Crippen LogP contribution in [-0.4, -0.2) is 38.6 Å². The topological polar surface area (TPSA) is 72.8 Å². The zero-order chi connectivity index (χ0) is 17.0. The molecule has 2 aliphatic rings. The third kappa shape index (κ3) is 2.40. The minimum Gasteiger partial charge on any atom is -0.480 e. The summed E-state index contributed by atoms with van der Waals surface area (Å²) in [6.45, 7) is 13.4. The van der Waals surface area contributed by atoms with Crippen molar-refractivity contribution in [1.29, 1.82) is 0 Å². The van der Waals surface area contributed by atoms with Crippen LogP contribution in [0.15, 0.2) is 0 Å². The average molecular weight is 328 g/mol. The summed E-state index contributed by atoms with van der Waals surface area (Å²) in [6, 6.07) is 0. The second kappa shape index (κ2) is 5.06. The average Bonchev–Trinajstić information content (AvgIpc) is 3.24. The molecular formula is C16H28O5Si. The number of rotatable bonds is 6. The smallest absolute Gasteiger partial charge is 0.324 e. The molecule has 6 heteroatoms. The van der Waals surface area contributed by atoms with Gasteiger partial charge in [-0.25, -0.2) is 0 Å². The second-order valence-corrected chi connectivity index (χ2v) is 13.0. The van der Waals surface area contributed by atoms with Gasteiger partial charge in [-0.3, -0.25) is 9.59 Å². The van der Waals surface area contributed by atoms with Crippen molar-refractivity contribution in [2.45, 2.75) is 58.7 Å². The molecule has 0 heterocycles. The molecular weight excluding hydrogens is 300 g/mol. The fraction of sp³-hybridized carbons (Fsp3) is 0.875. The lowest BCUT2D eigenvalue weighted by molar-refractivity contribution is -0.162. The molecule has 2 fully saturated rings. The van der Waals surface area contributed by atoms with Crippen LogP contribution < -0.4 is 0 Å². The molecule has 1 spiro atoms. The highest BCUT2D eigenvalue weighted by Gasteiger charge is 2.87. The molecule has 0 amide bonds. The second-order valence-electron chi connectivity index (χ2n) is 8.24. The van der Waals surface area contributed by atoms with Gasteiger partial charge in [0.05, 0.1) is 6.61 Å². The van der Waals surface area contributed by atoms with E-state index in [4.69, 9.17) is 9.16 Å². The predicted octanol–water partition coefficient (Wildman–Crippen LogP) is 3.05. The van der Waals surface area contributed by atoms with Crippen molar-refractivity contribution < 1.29 is 23.9 Å². The van der Waals surface area contributed by atoms with Crippen LogP contribution in [0, 0.1) is 16.7 Å². The minimum atomic E-state index is -1.84. The quantitative estimate of drug-likeness (QED) is 0.461. The van der Waals surface area contributed by atoms with E-state index in [9.17, 15) is 14.7 Å². The van der Waals surface area contributed by atoms with Gasteiger partial charge < -0.3 is 14.3 Å². The van der Waals surface area contributed by atoms with Crippen molar-refractivity contribution in [1.82, 2.24) is 0 Å². The largest absolute Gasteiger partial charge is 0.480 e. The van der Waals surface area contributed by atoms with Crippen molar-refractivity contribution in [2.75, 3.05) is 13.2 Å². The predicted molar refractivity (Wildman–Crippen MR) is 85.0 cm³/mol. The molecule has 0 aromatic heterocycles. The Morgan fingerprint density at radius 2 is 1.91 bits per heavy atom. The number of carboxylic acids is 1. The summed E-state index contributed by atoms with van der Waals surface area (Å²) in [4.78, 5) is 23.7. The van der Waals surface area contributed by atoms with Crippen LogP contribution in [0.4, 0.5) is 0 Å². The standard InChI is InChI=1S/C16H28O5Si/c1-7-20-13(19)16(12(17)18)10-15(16)8-11(15)9-21-22(5,6)14(2,3)4/h11H,7-10H2,1-6H3,(H,17,18)/t11-,15-,16-/m1/s1. The van der Waals surface area contributed by atoms with Gasteiger partial charge in [0.2, 0.25) is 0 Å². The molecule has 0 aromatic carbocycles. The molecule has 5 nitrogen and oxygen atoms in total. The van der Waals surface area contributed by atoms with Crippen LogP contribution in [-0.2, 0) is 18.8 Å². The number of carbonyl (C=O) groups excluding carboxylic acids is 1. The summed E-state index contributed by atoms with van der Waals surface area (Å²) in [5, 5.41) is 9.65. The maximum Gasteiger partial charge on any atom is 0.324 e. The van der Waals surface area contributed by atoms with Crippen molar-refractivity contribution in [3.63, 3.8) is 0 Å². The number of aliphatic carboxylic acids is 1. The summed E-state index contributed by atoms with van der Waals surface area (Å²) < 4.78 is 11.2. The third-order valence-corrected chi connectivity index (χ3v) is 10.5. The maximum atomic E-state index is 12.1. The molecule has 3 atom stereocenters. The first kappa shape index (κ1) is 17.5. The number of esters is 1. The maximum absolute atomic E-state index is 12.1. The molecule has 2 saturated carbocycles. The minimum absolute atomic E-state index is 0.129. The monoisotopic (exact) mass is 328 g/mol. The molecule has 0 aliphatic heterocycles. The fourth-order valence-corrected chi connectivity index (χ4v) is 4.25. The molecule has 126 valence electrons. The summed E-state index contributed by atoms with van der Waals surface area (Å²) in [7, 11) is -1.84. The van der Waals surface area contributed by atoms with E-state index in [1.807, 2.05) is 0 Å². The highest BCUT2D eigenvalue weighted by Crippen LogP contribution is 2.82. The first-order valence-corrected chi connectivity index (χ1v) is 10.9. The Bertz CT molecular complexity index is 495. The van der Waals surface area contributed by atoms with Crippen LogP contribution in [0.3, 0.4) is 0 Å². The molecule has 1 N–H and O–H groups in total. The lowest BCUT2D eigenvalue weighted by atomic mass is 10.0. The zero-order valence-corrected chi connectivity index (χ0v) is 15.5. The van der Waals surface area contributed by atoms with Crippen molar-refractivity contribution in [3.8, 4) is 0 Å². The Kier molecular flexibility index (Phi) is 4.02. The summed E-state index contributed by atoms with van der Waals surface area (Å²) in [6.07, 6.45) is 1.16. The van der Waals surface area contributed by atoms with Gasteiger partial charge in [0.15, 0.2) is 13.7 Å². The van der Waals surface area contributed by atoms with Crippen LogP contribution in [0.25, 0.3) is 0 Å². The molecule has 0 radical (unpaired) electrons. The first-order valence-electron chi connectivity index (χ1n) is 7.99. The summed E-state index contributed by atoms with van der Waals surface area (Å²) in [5.74, 6) is -1.44. The van der Waals surface area contributed by atoms with Gasteiger partial charge in [0.1, 0.15) is 0 Å². The Labute approximate surface area is 133 Å². The van der Waals surface area contributed by atoms with E-state index in [0.717, 1.165) is 6.42 Å². The van der Waals surface area contributed by atoms with Gasteiger partial charge in [-0.1, -0.05) is 20.8 Å². The SMILES string of the molecule is CCOC(=O)[C@]1(C(=O)O)C[C@@]12C[C@@H]2CO[Si](C)(C)C(C)(C)C. The lowest BCUT2D eigenvalue weighted by Crippen LogP contribution is -2.41. The summed E-state index contributed by atoms with van der Waals surface area (Å²) in [5.41, 5.74) is -1.72. The van der Waals surface area contributed by atoms with E-state index in [0.29, 0.717) is 13.0 Å². The van der Waals surface area contributed by atoms with Crippen LogP contribution in [0.2, 0.25) is 18.1 Å². The highest BCUT2D eigenvalue weighted by atomic mass is 28.4. The number of hydrogen-bond acceptors (Lipinski definition) is 4. The number of carboxylic acid groups (broad SMARTS) is 1. The number of hydrogen-bond donors (Lipinski definition) is 1. The van der Waals surface area contributed by atoms with E-state index in [1.165, 1.54) is 0 Å². The van der Waals surface area contributed by atoms with Crippen LogP contribution >= 0.6 is 0 Å². The van der Waals surface area contributed by atoms with E-state index >= 15 is 0 Å². The van der Waals surface area contributed by atoms with Gasteiger partial charge >= 0.3 is 11.9 Å². The van der Waals surface area contributed by atoms with Gasteiger partial charge in [0.25, 0.3) is 0 Å². The van der Waals surface area contributed by atoms with E-state index in [2.05, 4.69) is 33.9 Å². The molecule has 2 aliphatic carbocycles. The Balaban J connectivity index is 2.01. The molecule has 0 aromatic rings. The molecule has 2 rings (SSSR count). The van der Waals surface area contributed by atoms with Gasteiger partial charge in [-0.05, 0) is 43.8 Å². The zero-order valence-electron chi connectivity index (χ0n) is 14.5. The number of carbonyl (C=O) groups is 2. The lowest BCUT2D eigenvalue weighted by Gasteiger charge is -2.36. The Hall–Kier alpha value is -0.883. The Morgan fingerprint density at radius 1 is 1.32 bits per heavy atom. The van der Waals surface area contributed by atoms with Crippen molar-refractivity contribution >= 4 is 20.3 Å². The number of ether oxygens (including phenoxy) is 1. The fourth-order valence-electron chi connectivity index (χ4n) is 3.20. The van der Waals surface area contributed by atoms with E-state index in [-0.39, 0.29) is 17.6 Å². The molecule has 0 bridgehead atoms. The van der Waals surface area contributed by atoms with E-state index < -0.39 is 31.1 Å². The summed E-state index contributed by atoms with van der Waals surface area (Å²) >= 11 is 0. The highest BCUT2D eigenvalue weighted by molar-refractivity contribution is 6.74.